The first kappa shape index (κ1) is 10.4. The van der Waals surface area contributed by atoms with Gasteiger partial charge in [0.05, 0.1) is 0 Å². The number of halogens is 1. The Hall–Kier alpha value is -0.110. The molecule has 0 aromatic carbocycles. The zero-order valence-corrected chi connectivity index (χ0v) is 9.35. The van der Waals surface area contributed by atoms with Gasteiger partial charge in [-0.25, -0.2) is 4.39 Å². The predicted octanol–water partition coefficient (Wildman–Crippen LogP) is 3.05. The number of rotatable bonds is 2. The molecule has 2 heteroatoms. The van der Waals surface area contributed by atoms with Crippen LogP contribution in [0.5, 0.6) is 0 Å². The molecule has 2 saturated carbocycles. The summed E-state index contributed by atoms with van der Waals surface area (Å²) in [6.07, 6.45) is 5.93. The van der Waals surface area contributed by atoms with E-state index in [0.29, 0.717) is 17.5 Å². The maximum absolute atomic E-state index is 13.0. The second kappa shape index (κ2) is 3.80. The van der Waals surface area contributed by atoms with Crippen molar-refractivity contribution in [2.75, 3.05) is 0 Å². The summed E-state index contributed by atoms with van der Waals surface area (Å²) in [5.74, 6) is 0. The number of alkyl halides is 1. The highest BCUT2D eigenvalue weighted by molar-refractivity contribution is 4.93. The van der Waals surface area contributed by atoms with Crippen LogP contribution in [0.1, 0.15) is 52.4 Å². The zero-order valence-electron chi connectivity index (χ0n) is 9.35. The van der Waals surface area contributed by atoms with E-state index in [-0.39, 0.29) is 0 Å². The summed E-state index contributed by atoms with van der Waals surface area (Å²) in [7, 11) is 0. The largest absolute Gasteiger partial charge is 0.311 e. The third-order valence-corrected chi connectivity index (χ3v) is 4.06. The van der Waals surface area contributed by atoms with Crippen LogP contribution >= 0.6 is 0 Å². The van der Waals surface area contributed by atoms with Crippen LogP contribution in [0.15, 0.2) is 0 Å². The lowest BCUT2D eigenvalue weighted by Crippen LogP contribution is -2.43. The van der Waals surface area contributed by atoms with Crippen LogP contribution in [-0.4, -0.2) is 18.3 Å². The van der Waals surface area contributed by atoms with Gasteiger partial charge in [-0.2, -0.15) is 0 Å². The van der Waals surface area contributed by atoms with Gasteiger partial charge in [0, 0.05) is 12.1 Å². The Labute approximate surface area is 86.5 Å². The fourth-order valence-corrected chi connectivity index (χ4v) is 3.00. The minimum atomic E-state index is -0.544. The first-order chi connectivity index (χ1) is 6.58. The highest BCUT2D eigenvalue weighted by Gasteiger charge is 2.36. The molecule has 1 N–H and O–H groups in total. The second-order valence-electron chi connectivity index (χ2n) is 5.71. The summed E-state index contributed by atoms with van der Waals surface area (Å²) in [4.78, 5) is 0. The molecule has 0 spiro atoms. The number of nitrogens with one attached hydrogen (secondary N) is 1. The smallest absolute Gasteiger partial charge is 0.102 e. The summed E-state index contributed by atoms with van der Waals surface area (Å²) in [6.45, 7) is 4.67. The van der Waals surface area contributed by atoms with Crippen LogP contribution < -0.4 is 5.32 Å². The first-order valence-electron chi connectivity index (χ1n) is 5.98. The summed E-state index contributed by atoms with van der Waals surface area (Å²) < 4.78 is 13.0. The monoisotopic (exact) mass is 199 g/mol. The predicted molar refractivity (Wildman–Crippen MR) is 57.1 cm³/mol. The molecule has 3 unspecified atom stereocenters. The molecular formula is C12H22FN. The van der Waals surface area contributed by atoms with E-state index in [9.17, 15) is 4.39 Å². The summed E-state index contributed by atoms with van der Waals surface area (Å²) in [6, 6.07) is 1.07. The van der Waals surface area contributed by atoms with Crippen molar-refractivity contribution in [2.45, 2.75) is 70.6 Å². The van der Waals surface area contributed by atoms with Gasteiger partial charge < -0.3 is 5.32 Å². The summed E-state index contributed by atoms with van der Waals surface area (Å²) >= 11 is 0. The van der Waals surface area contributed by atoms with E-state index in [1.54, 1.807) is 0 Å². The van der Waals surface area contributed by atoms with Crippen LogP contribution in [0, 0.1) is 5.41 Å². The average molecular weight is 199 g/mol. The van der Waals surface area contributed by atoms with Gasteiger partial charge in [0.15, 0.2) is 0 Å². The molecule has 0 amide bonds. The van der Waals surface area contributed by atoms with Crippen molar-refractivity contribution < 1.29 is 4.39 Å². The highest BCUT2D eigenvalue weighted by atomic mass is 19.1. The van der Waals surface area contributed by atoms with E-state index in [1.165, 1.54) is 19.3 Å². The molecule has 0 aliphatic heterocycles. The topological polar surface area (TPSA) is 12.0 Å². The van der Waals surface area contributed by atoms with Crippen molar-refractivity contribution in [2.24, 2.45) is 5.41 Å². The zero-order chi connectivity index (χ0) is 10.2. The Kier molecular flexibility index (Phi) is 2.83. The summed E-state index contributed by atoms with van der Waals surface area (Å²) in [5, 5.41) is 3.66. The molecule has 0 heterocycles. The van der Waals surface area contributed by atoms with Gasteiger partial charge in [0.25, 0.3) is 0 Å². The molecule has 82 valence electrons. The standard InChI is InChI=1S/C12H22FN/c1-12(2)7-3-4-11(12)14-10-6-5-9(13)8-10/h9-11,14H,3-8H2,1-2H3. The van der Waals surface area contributed by atoms with Gasteiger partial charge in [0.2, 0.25) is 0 Å². The van der Waals surface area contributed by atoms with E-state index in [0.717, 1.165) is 19.3 Å². The van der Waals surface area contributed by atoms with Gasteiger partial charge in [-0.1, -0.05) is 20.3 Å². The van der Waals surface area contributed by atoms with Gasteiger partial charge >= 0.3 is 0 Å². The number of hydrogen-bond donors (Lipinski definition) is 1. The molecule has 0 aromatic heterocycles. The van der Waals surface area contributed by atoms with E-state index >= 15 is 0 Å². The number of hydrogen-bond acceptors (Lipinski definition) is 1. The first-order valence-corrected chi connectivity index (χ1v) is 5.98. The van der Waals surface area contributed by atoms with E-state index in [2.05, 4.69) is 19.2 Å². The fraction of sp³-hybridized carbons (Fsp3) is 1.00. The molecule has 0 aromatic rings. The molecular weight excluding hydrogens is 177 g/mol. The van der Waals surface area contributed by atoms with Crippen molar-refractivity contribution >= 4 is 0 Å². The Morgan fingerprint density at radius 3 is 2.50 bits per heavy atom. The van der Waals surface area contributed by atoms with E-state index < -0.39 is 6.17 Å². The van der Waals surface area contributed by atoms with Crippen LogP contribution in [0.2, 0.25) is 0 Å². The van der Waals surface area contributed by atoms with Crippen molar-refractivity contribution in [3.63, 3.8) is 0 Å². The highest BCUT2D eigenvalue weighted by Crippen LogP contribution is 2.38. The van der Waals surface area contributed by atoms with Gasteiger partial charge in [-0.15, -0.1) is 0 Å². The van der Waals surface area contributed by atoms with Crippen molar-refractivity contribution in [1.82, 2.24) is 5.32 Å². The van der Waals surface area contributed by atoms with E-state index in [1.807, 2.05) is 0 Å². The molecule has 2 fully saturated rings. The van der Waals surface area contributed by atoms with Gasteiger partial charge in [-0.3, -0.25) is 0 Å². The molecule has 0 radical (unpaired) electrons. The minimum absolute atomic E-state index is 0.425. The molecule has 1 nitrogen and oxygen atoms in total. The lowest BCUT2D eigenvalue weighted by molar-refractivity contribution is 0.254. The lowest BCUT2D eigenvalue weighted by Gasteiger charge is -2.30. The maximum Gasteiger partial charge on any atom is 0.102 e. The summed E-state index contributed by atoms with van der Waals surface area (Å²) in [5.41, 5.74) is 0.425. The Balaban J connectivity index is 1.85. The molecule has 2 aliphatic carbocycles. The molecule has 2 rings (SSSR count). The molecule has 0 saturated heterocycles. The maximum atomic E-state index is 13.0. The Morgan fingerprint density at radius 2 is 2.00 bits per heavy atom. The minimum Gasteiger partial charge on any atom is -0.311 e. The van der Waals surface area contributed by atoms with Gasteiger partial charge in [0.1, 0.15) is 6.17 Å². The third-order valence-electron chi connectivity index (χ3n) is 4.06. The fourth-order valence-electron chi connectivity index (χ4n) is 3.00. The van der Waals surface area contributed by atoms with Crippen LogP contribution in [0.3, 0.4) is 0 Å². The van der Waals surface area contributed by atoms with Crippen molar-refractivity contribution in [3.8, 4) is 0 Å². The molecule has 3 atom stereocenters. The SMILES string of the molecule is CC1(C)CCCC1NC1CCC(F)C1. The molecule has 0 bridgehead atoms. The lowest BCUT2D eigenvalue weighted by atomic mass is 9.87. The Bertz CT molecular complexity index is 202. The van der Waals surface area contributed by atoms with Crippen LogP contribution in [0.25, 0.3) is 0 Å². The van der Waals surface area contributed by atoms with Crippen LogP contribution in [0.4, 0.5) is 4.39 Å². The van der Waals surface area contributed by atoms with Gasteiger partial charge in [-0.05, 0) is 37.5 Å². The normalized spacial score (nSPS) is 41.8. The Morgan fingerprint density at radius 1 is 1.21 bits per heavy atom. The van der Waals surface area contributed by atoms with Crippen LogP contribution in [-0.2, 0) is 0 Å². The second-order valence-corrected chi connectivity index (χ2v) is 5.71. The van der Waals surface area contributed by atoms with Crippen molar-refractivity contribution in [3.05, 3.63) is 0 Å². The average Bonchev–Trinajstić information content (AvgIpc) is 2.61. The molecule has 2 aliphatic rings. The quantitative estimate of drug-likeness (QED) is 0.720. The molecule has 14 heavy (non-hydrogen) atoms. The van der Waals surface area contributed by atoms with E-state index in [4.69, 9.17) is 0 Å². The third kappa shape index (κ3) is 2.10. The van der Waals surface area contributed by atoms with Crippen molar-refractivity contribution in [1.29, 1.82) is 0 Å².